The molecule has 1 saturated carbocycles. The Labute approximate surface area is 95.6 Å². The van der Waals surface area contributed by atoms with E-state index in [-0.39, 0.29) is 0 Å². The molecule has 0 bridgehead atoms. The number of hydrogen-bond acceptors (Lipinski definition) is 4. The Bertz CT molecular complexity index is 525. The van der Waals surface area contributed by atoms with Crippen LogP contribution in [-0.4, -0.2) is 16.1 Å². The van der Waals surface area contributed by atoms with Gasteiger partial charge in [0.15, 0.2) is 0 Å². The van der Waals surface area contributed by atoms with E-state index in [9.17, 15) is 4.79 Å². The molecule has 0 aliphatic heterocycles. The number of hydrogen-bond donors (Lipinski definition) is 1. The number of carboxylic acid groups (broad SMARTS) is 1. The lowest BCUT2D eigenvalue weighted by molar-refractivity contribution is -0.140. The van der Waals surface area contributed by atoms with Crippen molar-refractivity contribution in [3.05, 3.63) is 29.5 Å². The molecule has 0 amide bonds. The van der Waals surface area contributed by atoms with Gasteiger partial charge in [0.2, 0.25) is 5.89 Å². The fourth-order valence-corrected chi connectivity index (χ4v) is 2.36. The SMILES string of the molecule is O=C(O)C1(c2cnc(-c3cccs3)o2)CC1. The predicted octanol–water partition coefficient (Wildman–Crippen LogP) is 2.52. The average molecular weight is 235 g/mol. The zero-order valence-electron chi connectivity index (χ0n) is 8.34. The van der Waals surface area contributed by atoms with E-state index in [1.807, 2.05) is 17.5 Å². The summed E-state index contributed by atoms with van der Waals surface area (Å²) in [7, 11) is 0. The van der Waals surface area contributed by atoms with Crippen LogP contribution < -0.4 is 0 Å². The molecule has 1 aliphatic rings. The molecule has 1 aliphatic carbocycles. The second-order valence-corrected chi connectivity index (χ2v) is 4.84. The third-order valence-corrected chi connectivity index (χ3v) is 3.73. The Hall–Kier alpha value is -1.62. The molecule has 0 spiro atoms. The van der Waals surface area contributed by atoms with Crippen LogP contribution in [0.3, 0.4) is 0 Å². The van der Waals surface area contributed by atoms with Crippen LogP contribution in [0.15, 0.2) is 28.1 Å². The molecule has 16 heavy (non-hydrogen) atoms. The molecule has 0 aromatic carbocycles. The third kappa shape index (κ3) is 1.28. The van der Waals surface area contributed by atoms with Gasteiger partial charge >= 0.3 is 5.97 Å². The summed E-state index contributed by atoms with van der Waals surface area (Å²) in [4.78, 5) is 16.1. The summed E-state index contributed by atoms with van der Waals surface area (Å²) in [6.07, 6.45) is 2.82. The largest absolute Gasteiger partial charge is 0.480 e. The van der Waals surface area contributed by atoms with Crippen LogP contribution in [-0.2, 0) is 10.2 Å². The third-order valence-electron chi connectivity index (χ3n) is 2.87. The van der Waals surface area contributed by atoms with E-state index in [0.717, 1.165) is 4.88 Å². The molecule has 2 aromatic rings. The normalized spacial score (nSPS) is 17.2. The van der Waals surface area contributed by atoms with Crippen LogP contribution in [0.4, 0.5) is 0 Å². The zero-order valence-corrected chi connectivity index (χ0v) is 9.16. The fourth-order valence-electron chi connectivity index (χ4n) is 1.70. The summed E-state index contributed by atoms with van der Waals surface area (Å²) in [6, 6.07) is 3.81. The number of aromatic nitrogens is 1. The predicted molar refractivity (Wildman–Crippen MR) is 58.4 cm³/mol. The summed E-state index contributed by atoms with van der Waals surface area (Å²) in [5.74, 6) is 0.169. The topological polar surface area (TPSA) is 63.3 Å². The Balaban J connectivity index is 1.98. The van der Waals surface area contributed by atoms with E-state index >= 15 is 0 Å². The molecule has 0 unspecified atom stereocenters. The minimum Gasteiger partial charge on any atom is -0.480 e. The molecule has 1 fully saturated rings. The van der Waals surface area contributed by atoms with Crippen molar-refractivity contribution in [1.82, 2.24) is 4.98 Å². The first-order valence-electron chi connectivity index (χ1n) is 4.96. The van der Waals surface area contributed by atoms with Crippen molar-refractivity contribution in [3.8, 4) is 10.8 Å². The monoisotopic (exact) mass is 235 g/mol. The maximum Gasteiger partial charge on any atom is 0.317 e. The zero-order chi connectivity index (χ0) is 11.2. The van der Waals surface area contributed by atoms with E-state index in [1.54, 1.807) is 0 Å². The van der Waals surface area contributed by atoms with E-state index in [1.165, 1.54) is 17.5 Å². The van der Waals surface area contributed by atoms with Gasteiger partial charge in [-0.05, 0) is 24.3 Å². The van der Waals surface area contributed by atoms with E-state index in [4.69, 9.17) is 9.52 Å². The fraction of sp³-hybridized carbons (Fsp3) is 0.273. The first-order chi connectivity index (χ1) is 7.72. The lowest BCUT2D eigenvalue weighted by Crippen LogP contribution is -2.18. The molecule has 5 heteroatoms. The van der Waals surface area contributed by atoms with Gasteiger partial charge in [-0.25, -0.2) is 4.98 Å². The van der Waals surface area contributed by atoms with Crippen molar-refractivity contribution in [2.75, 3.05) is 0 Å². The summed E-state index contributed by atoms with van der Waals surface area (Å²) in [5.41, 5.74) is -0.803. The molecule has 1 N–H and O–H groups in total. The molecule has 2 aromatic heterocycles. The van der Waals surface area contributed by atoms with Gasteiger partial charge in [-0.15, -0.1) is 11.3 Å². The highest BCUT2D eigenvalue weighted by Gasteiger charge is 2.55. The second kappa shape index (κ2) is 3.18. The van der Waals surface area contributed by atoms with Crippen molar-refractivity contribution >= 4 is 17.3 Å². The molecule has 0 radical (unpaired) electrons. The van der Waals surface area contributed by atoms with Crippen LogP contribution in [0.5, 0.6) is 0 Å². The smallest absolute Gasteiger partial charge is 0.317 e. The van der Waals surface area contributed by atoms with Gasteiger partial charge in [0.25, 0.3) is 0 Å². The highest BCUT2D eigenvalue weighted by molar-refractivity contribution is 7.13. The number of carbonyl (C=O) groups is 1. The quantitative estimate of drug-likeness (QED) is 0.887. The maximum absolute atomic E-state index is 11.1. The molecular formula is C11H9NO3S. The summed E-state index contributed by atoms with van der Waals surface area (Å²) < 4.78 is 5.54. The first-order valence-corrected chi connectivity index (χ1v) is 5.84. The van der Waals surface area contributed by atoms with Gasteiger partial charge < -0.3 is 9.52 Å². The average Bonchev–Trinajstić information content (AvgIpc) is 2.75. The number of aliphatic carboxylic acids is 1. The van der Waals surface area contributed by atoms with Crippen molar-refractivity contribution < 1.29 is 14.3 Å². The summed E-state index contributed by atoms with van der Waals surface area (Å²) in [6.45, 7) is 0. The van der Waals surface area contributed by atoms with Crippen molar-refractivity contribution in [1.29, 1.82) is 0 Å². The van der Waals surface area contributed by atoms with Gasteiger partial charge in [-0.1, -0.05) is 6.07 Å². The minimum absolute atomic E-state index is 0.475. The molecule has 3 rings (SSSR count). The molecular weight excluding hydrogens is 226 g/mol. The Kier molecular flexibility index (Phi) is 1.91. The van der Waals surface area contributed by atoms with Crippen LogP contribution >= 0.6 is 11.3 Å². The van der Waals surface area contributed by atoms with Gasteiger partial charge in [0, 0.05) is 0 Å². The lowest BCUT2D eigenvalue weighted by Gasteiger charge is -2.03. The molecule has 0 saturated heterocycles. The lowest BCUT2D eigenvalue weighted by atomic mass is 10.1. The number of thiophene rings is 1. The van der Waals surface area contributed by atoms with Crippen molar-refractivity contribution in [2.24, 2.45) is 0 Å². The first kappa shape index (κ1) is 9.59. The van der Waals surface area contributed by atoms with E-state index in [2.05, 4.69) is 4.98 Å². The van der Waals surface area contributed by atoms with Gasteiger partial charge in [0.1, 0.15) is 11.2 Å². The van der Waals surface area contributed by atoms with Crippen LogP contribution in [0.25, 0.3) is 10.8 Å². The second-order valence-electron chi connectivity index (χ2n) is 3.89. The van der Waals surface area contributed by atoms with Crippen molar-refractivity contribution in [3.63, 3.8) is 0 Å². The van der Waals surface area contributed by atoms with Crippen molar-refractivity contribution in [2.45, 2.75) is 18.3 Å². The van der Waals surface area contributed by atoms with Crippen LogP contribution in [0, 0.1) is 0 Å². The molecule has 4 nitrogen and oxygen atoms in total. The highest BCUT2D eigenvalue weighted by Crippen LogP contribution is 2.49. The summed E-state index contributed by atoms with van der Waals surface area (Å²) >= 11 is 1.53. The van der Waals surface area contributed by atoms with Gasteiger partial charge in [0.05, 0.1) is 11.1 Å². The highest BCUT2D eigenvalue weighted by atomic mass is 32.1. The molecule has 82 valence electrons. The maximum atomic E-state index is 11.1. The number of nitrogens with zero attached hydrogens (tertiary/aromatic N) is 1. The Morgan fingerprint density at radius 1 is 1.56 bits per heavy atom. The van der Waals surface area contributed by atoms with Gasteiger partial charge in [-0.3, -0.25) is 4.79 Å². The number of oxazole rings is 1. The number of carboxylic acids is 1. The standard InChI is InChI=1S/C11H9NO3S/c13-10(14)11(3-4-11)8-6-12-9(15-8)7-2-1-5-16-7/h1-2,5-6H,3-4H2,(H,13,14). The molecule has 2 heterocycles. The van der Waals surface area contributed by atoms with Gasteiger partial charge in [-0.2, -0.15) is 0 Å². The molecule has 0 atom stereocenters. The Morgan fingerprint density at radius 3 is 2.94 bits per heavy atom. The summed E-state index contributed by atoms with van der Waals surface area (Å²) in [5, 5.41) is 11.0. The number of rotatable bonds is 3. The van der Waals surface area contributed by atoms with Crippen LogP contribution in [0.1, 0.15) is 18.6 Å². The van der Waals surface area contributed by atoms with Crippen LogP contribution in [0.2, 0.25) is 0 Å². The Morgan fingerprint density at radius 2 is 2.38 bits per heavy atom. The van der Waals surface area contributed by atoms with E-state index < -0.39 is 11.4 Å². The minimum atomic E-state index is -0.818. The van der Waals surface area contributed by atoms with E-state index in [0.29, 0.717) is 24.5 Å².